The normalized spacial score (nSPS) is 12.8. The molecule has 4 heteroatoms. The van der Waals surface area contributed by atoms with Gasteiger partial charge in [0.2, 0.25) is 0 Å². The average Bonchev–Trinajstić information content (AvgIpc) is 2.24. The van der Waals surface area contributed by atoms with E-state index in [9.17, 15) is 10.0 Å². The van der Waals surface area contributed by atoms with E-state index in [-0.39, 0.29) is 0 Å². The third-order valence-electron chi connectivity index (χ3n) is 2.13. The lowest BCUT2D eigenvalue weighted by Gasteiger charge is -2.13. The summed E-state index contributed by atoms with van der Waals surface area (Å²) < 4.78 is 0. The van der Waals surface area contributed by atoms with Crippen LogP contribution in [0, 0.1) is 5.92 Å². The lowest BCUT2D eigenvalue weighted by Crippen LogP contribution is -2.26. The summed E-state index contributed by atoms with van der Waals surface area (Å²) in [5, 5.41) is 21.8. The molecule has 94 valence electrons. The van der Waals surface area contributed by atoms with E-state index in [4.69, 9.17) is 0 Å². The van der Waals surface area contributed by atoms with Gasteiger partial charge in [-0.25, -0.2) is 0 Å². The average molecular weight is 235 g/mol. The third kappa shape index (κ3) is 6.95. The molecule has 0 saturated heterocycles. The summed E-state index contributed by atoms with van der Waals surface area (Å²) in [5.74, 6) is 0.547. The summed E-state index contributed by atoms with van der Waals surface area (Å²) in [6.07, 6.45) is 6.53. The molecule has 0 amide bonds. The molecule has 0 radical (unpaired) electrons. The zero-order chi connectivity index (χ0) is 13.3. The molecule has 0 atom stereocenters. The van der Waals surface area contributed by atoms with Crippen LogP contribution in [0.5, 0.6) is 0 Å². The molecule has 0 aromatic rings. The van der Waals surface area contributed by atoms with Gasteiger partial charge in [0.05, 0.1) is 0 Å². The summed E-state index contributed by atoms with van der Waals surface area (Å²) in [5.41, 5.74) is 1.24. The van der Waals surface area contributed by atoms with Crippen molar-refractivity contribution in [1.82, 2.24) is 5.32 Å². The van der Waals surface area contributed by atoms with E-state index < -0.39 is 7.12 Å². The Hall–Kier alpha value is -1.10. The molecule has 0 aromatic carbocycles. The van der Waals surface area contributed by atoms with Crippen molar-refractivity contribution in [3.05, 3.63) is 48.5 Å². The largest absolute Gasteiger partial charge is 0.488 e. The van der Waals surface area contributed by atoms with E-state index in [1.54, 1.807) is 18.2 Å². The van der Waals surface area contributed by atoms with E-state index in [2.05, 4.69) is 32.3 Å². The van der Waals surface area contributed by atoms with E-state index in [1.807, 2.05) is 0 Å². The molecule has 0 aliphatic carbocycles. The van der Waals surface area contributed by atoms with E-state index in [1.165, 1.54) is 6.08 Å². The van der Waals surface area contributed by atoms with Gasteiger partial charge in [0.1, 0.15) is 0 Å². The molecule has 3 nitrogen and oxygen atoms in total. The van der Waals surface area contributed by atoms with Gasteiger partial charge in [0, 0.05) is 6.54 Å². The molecular weight excluding hydrogens is 213 g/mol. The molecule has 0 bridgehead atoms. The highest BCUT2D eigenvalue weighted by Crippen LogP contribution is 2.11. The van der Waals surface area contributed by atoms with E-state index in [0.29, 0.717) is 17.9 Å². The summed E-state index contributed by atoms with van der Waals surface area (Å²) >= 11 is 0. The molecule has 0 aromatic heterocycles. The highest BCUT2D eigenvalue weighted by atomic mass is 16.4. The van der Waals surface area contributed by atoms with Crippen LogP contribution in [0.4, 0.5) is 0 Å². The van der Waals surface area contributed by atoms with Crippen LogP contribution < -0.4 is 5.32 Å². The first-order valence-electron chi connectivity index (χ1n) is 5.74. The van der Waals surface area contributed by atoms with Crippen LogP contribution in [0.3, 0.4) is 0 Å². The highest BCUT2D eigenvalue weighted by molar-refractivity contribution is 6.52. The topological polar surface area (TPSA) is 52.5 Å². The van der Waals surface area contributed by atoms with Crippen molar-refractivity contribution in [3.8, 4) is 0 Å². The summed E-state index contributed by atoms with van der Waals surface area (Å²) in [7, 11) is -1.50. The number of hydrogen-bond donors (Lipinski definition) is 3. The van der Waals surface area contributed by atoms with Crippen molar-refractivity contribution in [1.29, 1.82) is 0 Å². The maximum atomic E-state index is 9.29. The Morgan fingerprint density at radius 2 is 1.82 bits per heavy atom. The summed E-state index contributed by atoms with van der Waals surface area (Å²) in [4.78, 5) is 0. The molecule has 0 aliphatic heterocycles. The molecule has 0 spiro atoms. The SMILES string of the molecule is C=C/C=C(B(O)O)\C(=C/C=C)CNCC(C)C. The Labute approximate surface area is 104 Å². The van der Waals surface area contributed by atoms with Crippen molar-refractivity contribution in [2.75, 3.05) is 13.1 Å². The molecule has 0 fully saturated rings. The second kappa shape index (κ2) is 8.99. The van der Waals surface area contributed by atoms with Gasteiger partial charge in [-0.05, 0) is 23.5 Å². The molecule has 0 saturated carbocycles. The second-order valence-electron chi connectivity index (χ2n) is 4.18. The lowest BCUT2D eigenvalue weighted by atomic mass is 9.74. The van der Waals surface area contributed by atoms with Crippen LogP contribution in [0.2, 0.25) is 0 Å². The third-order valence-corrected chi connectivity index (χ3v) is 2.13. The van der Waals surface area contributed by atoms with Gasteiger partial charge in [-0.2, -0.15) is 0 Å². The highest BCUT2D eigenvalue weighted by Gasteiger charge is 2.17. The van der Waals surface area contributed by atoms with Gasteiger partial charge >= 0.3 is 7.12 Å². The van der Waals surface area contributed by atoms with Crippen molar-refractivity contribution in [2.24, 2.45) is 5.92 Å². The molecule has 0 aliphatic rings. The van der Waals surface area contributed by atoms with Crippen LogP contribution in [-0.2, 0) is 0 Å². The Bertz CT molecular complexity index is 307. The Kier molecular flexibility index (Phi) is 8.41. The van der Waals surface area contributed by atoms with Crippen LogP contribution in [-0.4, -0.2) is 30.3 Å². The summed E-state index contributed by atoms with van der Waals surface area (Å²) in [6.45, 7) is 12.9. The van der Waals surface area contributed by atoms with Crippen molar-refractivity contribution in [3.63, 3.8) is 0 Å². The number of hydrogen-bond acceptors (Lipinski definition) is 3. The van der Waals surface area contributed by atoms with Crippen LogP contribution in [0.25, 0.3) is 0 Å². The van der Waals surface area contributed by atoms with Crippen LogP contribution >= 0.6 is 0 Å². The van der Waals surface area contributed by atoms with E-state index in [0.717, 1.165) is 12.1 Å². The van der Waals surface area contributed by atoms with E-state index >= 15 is 0 Å². The zero-order valence-corrected chi connectivity index (χ0v) is 10.7. The second-order valence-corrected chi connectivity index (χ2v) is 4.18. The van der Waals surface area contributed by atoms with Crippen molar-refractivity contribution < 1.29 is 10.0 Å². The van der Waals surface area contributed by atoms with Crippen LogP contribution in [0.15, 0.2) is 48.5 Å². The zero-order valence-electron chi connectivity index (χ0n) is 10.7. The molecule has 3 N–H and O–H groups in total. The van der Waals surface area contributed by atoms with Gasteiger partial charge in [-0.3, -0.25) is 0 Å². The Morgan fingerprint density at radius 1 is 1.24 bits per heavy atom. The smallest absolute Gasteiger partial charge is 0.423 e. The number of nitrogens with one attached hydrogen (secondary N) is 1. The molecule has 0 rings (SSSR count). The predicted octanol–water partition coefficient (Wildman–Crippen LogP) is 1.47. The van der Waals surface area contributed by atoms with Crippen molar-refractivity contribution in [2.45, 2.75) is 13.8 Å². The maximum absolute atomic E-state index is 9.29. The maximum Gasteiger partial charge on any atom is 0.488 e. The minimum atomic E-state index is -1.50. The Morgan fingerprint density at radius 3 is 2.24 bits per heavy atom. The first kappa shape index (κ1) is 15.9. The molecular formula is C13H22BNO2. The molecule has 0 heterocycles. The minimum absolute atomic E-state index is 0.441. The number of allylic oxidation sites excluding steroid dienone is 4. The molecule has 17 heavy (non-hydrogen) atoms. The summed E-state index contributed by atoms with van der Waals surface area (Å²) in [6, 6.07) is 0. The quantitative estimate of drug-likeness (QED) is 0.441. The van der Waals surface area contributed by atoms with Gasteiger partial charge in [-0.15, -0.1) is 0 Å². The fourth-order valence-corrected chi connectivity index (χ4v) is 1.38. The monoisotopic (exact) mass is 235 g/mol. The molecule has 0 unspecified atom stereocenters. The fourth-order valence-electron chi connectivity index (χ4n) is 1.38. The fraction of sp³-hybridized carbons (Fsp3) is 0.385. The first-order valence-corrected chi connectivity index (χ1v) is 5.74. The standard InChI is InChI=1S/C13H22BNO2/c1-5-7-12(10-15-9-11(3)4)13(8-6-2)14(16)17/h5-8,11,15-17H,1-2,9-10H2,3-4H3/b12-7-,13-8+. The minimum Gasteiger partial charge on any atom is -0.423 e. The van der Waals surface area contributed by atoms with Gasteiger partial charge < -0.3 is 15.4 Å². The number of rotatable bonds is 8. The Balaban J connectivity index is 4.71. The van der Waals surface area contributed by atoms with Crippen molar-refractivity contribution >= 4 is 7.12 Å². The predicted molar refractivity (Wildman–Crippen MR) is 74.5 cm³/mol. The first-order chi connectivity index (χ1) is 8.02. The van der Waals surface area contributed by atoms with Gasteiger partial charge in [0.15, 0.2) is 0 Å². The van der Waals surface area contributed by atoms with Gasteiger partial charge in [0.25, 0.3) is 0 Å². The lowest BCUT2D eigenvalue weighted by molar-refractivity contribution is 0.419. The van der Waals surface area contributed by atoms with Gasteiger partial charge in [-0.1, -0.05) is 51.3 Å². The van der Waals surface area contributed by atoms with Crippen LogP contribution in [0.1, 0.15) is 13.8 Å².